The summed E-state index contributed by atoms with van der Waals surface area (Å²) in [6.07, 6.45) is 0. The van der Waals surface area contributed by atoms with Crippen molar-refractivity contribution in [2.75, 3.05) is 12.4 Å². The predicted octanol–water partition coefficient (Wildman–Crippen LogP) is 3.67. The number of thioether (sulfide) groups is 1. The van der Waals surface area contributed by atoms with Gasteiger partial charge in [0, 0.05) is 23.3 Å². The van der Waals surface area contributed by atoms with E-state index in [1.807, 2.05) is 20.8 Å². The topological polar surface area (TPSA) is 29.5 Å². The van der Waals surface area contributed by atoms with Gasteiger partial charge >= 0.3 is 0 Å². The first-order valence-electron chi connectivity index (χ1n) is 6.56. The van der Waals surface area contributed by atoms with Gasteiger partial charge in [-0.2, -0.15) is 4.67 Å². The summed E-state index contributed by atoms with van der Waals surface area (Å²) in [5.41, 5.74) is -0.251. The molecular weight excluding hydrogens is 265 g/mol. The summed E-state index contributed by atoms with van der Waals surface area (Å²) in [5.74, 6) is 0.757. The molecule has 0 bridgehead atoms. The number of hydrogen-bond donors (Lipinski definition) is 0. The highest BCUT2D eigenvalue weighted by atomic mass is 32.2. The monoisotopic (exact) mass is 294 g/mol. The molecule has 108 valence electrons. The van der Waals surface area contributed by atoms with Gasteiger partial charge in [0.25, 0.3) is 0 Å². The van der Waals surface area contributed by atoms with Crippen LogP contribution in [0.1, 0.15) is 48.5 Å². The lowest BCUT2D eigenvalue weighted by Crippen LogP contribution is -2.29. The lowest BCUT2D eigenvalue weighted by molar-refractivity contribution is -0.117. The quantitative estimate of drug-likeness (QED) is 0.529. The van der Waals surface area contributed by atoms with Gasteiger partial charge in [-0.3, -0.25) is 4.79 Å². The molecule has 0 aliphatic heterocycles. The Morgan fingerprint density at radius 1 is 1.22 bits per heavy atom. The molecule has 0 amide bonds. The van der Waals surface area contributed by atoms with Gasteiger partial charge in [0.15, 0.2) is 14.1 Å². The number of nitrogens with zero attached hydrogens (tertiary/aromatic N) is 1. The first-order valence-corrected chi connectivity index (χ1v) is 8.53. The molecule has 1 unspecified atom stereocenters. The summed E-state index contributed by atoms with van der Waals surface area (Å²) in [5, 5.41) is 0.241. The molecule has 0 saturated heterocycles. The third-order valence-corrected chi connectivity index (χ3v) is 5.50. The molecule has 3 nitrogen and oxygen atoms in total. The fourth-order valence-electron chi connectivity index (χ4n) is 1.38. The average molecular weight is 294 g/mol. The Morgan fingerprint density at radius 2 is 1.72 bits per heavy atom. The molecule has 0 N–H and O–H groups in total. The molecule has 0 aliphatic carbocycles. The molecule has 1 atom stereocenters. The van der Waals surface area contributed by atoms with Crippen molar-refractivity contribution >= 4 is 25.8 Å². The number of carbonyl (C=O) groups is 1. The minimum Gasteiger partial charge on any atom is -0.287 e. The summed E-state index contributed by atoms with van der Waals surface area (Å²) in [4.78, 5) is 11.7. The van der Waals surface area contributed by atoms with Gasteiger partial charge in [-0.1, -0.05) is 32.5 Å². The van der Waals surface area contributed by atoms with E-state index in [1.54, 1.807) is 0 Å². The van der Waals surface area contributed by atoms with E-state index in [4.69, 9.17) is 4.52 Å². The number of carbonyl (C=O) groups excluding carboxylic acids is 1. The van der Waals surface area contributed by atoms with Crippen molar-refractivity contribution in [1.29, 1.82) is 0 Å². The molecule has 0 aliphatic rings. The molecule has 0 aromatic rings. The Morgan fingerprint density at radius 3 is 2.11 bits per heavy atom. The maximum atomic E-state index is 11.7. The molecule has 0 aromatic heterocycles. The van der Waals surface area contributed by atoms with Crippen LogP contribution >= 0.6 is 20.7 Å². The van der Waals surface area contributed by atoms with E-state index in [2.05, 4.69) is 32.4 Å². The van der Waals surface area contributed by atoms with Crippen LogP contribution in [-0.4, -0.2) is 34.2 Å². The predicted molar refractivity (Wildman–Crippen MR) is 84.7 cm³/mol. The molecule has 5 heteroatoms. The zero-order chi connectivity index (χ0) is 14.3. The molecule has 0 fully saturated rings. The third-order valence-electron chi connectivity index (χ3n) is 2.44. The van der Waals surface area contributed by atoms with Crippen LogP contribution in [-0.2, 0) is 9.32 Å². The second-order valence-corrected chi connectivity index (χ2v) is 8.20. The van der Waals surface area contributed by atoms with E-state index in [0.717, 1.165) is 5.75 Å². The molecule has 0 aromatic carbocycles. The van der Waals surface area contributed by atoms with Crippen molar-refractivity contribution in [1.82, 2.24) is 4.67 Å². The summed E-state index contributed by atoms with van der Waals surface area (Å²) in [6.45, 7) is 15.3. The summed E-state index contributed by atoms with van der Waals surface area (Å²) in [7, 11) is -0.129. The lowest BCUT2D eigenvalue weighted by Gasteiger charge is -2.22. The number of rotatable bonds is 7. The van der Waals surface area contributed by atoms with E-state index < -0.39 is 0 Å². The van der Waals surface area contributed by atoms with E-state index in [1.165, 1.54) is 11.8 Å². The van der Waals surface area contributed by atoms with Crippen molar-refractivity contribution in [3.63, 3.8) is 0 Å². The van der Waals surface area contributed by atoms with Gasteiger partial charge in [0.1, 0.15) is 6.61 Å². The highest BCUT2D eigenvalue weighted by Crippen LogP contribution is 2.27. The normalized spacial score (nSPS) is 13.4. The average Bonchev–Trinajstić information content (AvgIpc) is 2.20. The van der Waals surface area contributed by atoms with Gasteiger partial charge in [0.2, 0.25) is 0 Å². The van der Waals surface area contributed by atoms with Crippen molar-refractivity contribution in [3.8, 4) is 0 Å². The fourth-order valence-corrected chi connectivity index (χ4v) is 3.23. The largest absolute Gasteiger partial charge is 0.287 e. The molecule has 18 heavy (non-hydrogen) atoms. The first kappa shape index (κ1) is 18.4. The Bertz CT molecular complexity index is 244. The SMILES string of the molecule is CC(C)N([PH2+]OCCSC(=O)C(C)(C)C)C(C)C. The Labute approximate surface area is 118 Å². The van der Waals surface area contributed by atoms with Gasteiger partial charge in [-0.15, -0.1) is 0 Å². The Kier molecular flexibility index (Phi) is 8.70. The van der Waals surface area contributed by atoms with Gasteiger partial charge < -0.3 is 0 Å². The van der Waals surface area contributed by atoms with E-state index in [0.29, 0.717) is 18.7 Å². The van der Waals surface area contributed by atoms with Crippen molar-refractivity contribution in [2.45, 2.75) is 60.5 Å². The zero-order valence-corrected chi connectivity index (χ0v) is 14.8. The smallest absolute Gasteiger partial charge is 0.194 e. The van der Waals surface area contributed by atoms with E-state index in [-0.39, 0.29) is 19.5 Å². The summed E-state index contributed by atoms with van der Waals surface area (Å²) >= 11 is 1.38. The van der Waals surface area contributed by atoms with Gasteiger partial charge in [-0.05, 0) is 27.7 Å². The minimum absolute atomic E-state index is 0.129. The van der Waals surface area contributed by atoms with Crippen LogP contribution in [0.3, 0.4) is 0 Å². The Balaban J connectivity index is 3.77. The third kappa shape index (κ3) is 7.73. The molecular formula is C13H29NO2PS+. The Hall–Kier alpha value is 0.370. The minimum atomic E-state index is -0.251. The van der Waals surface area contributed by atoms with Crippen molar-refractivity contribution in [2.24, 2.45) is 5.41 Å². The van der Waals surface area contributed by atoms with Crippen molar-refractivity contribution < 1.29 is 9.32 Å². The molecule has 0 heterocycles. The first-order chi connectivity index (χ1) is 8.16. The highest BCUT2D eigenvalue weighted by Gasteiger charge is 2.22. The van der Waals surface area contributed by atoms with Gasteiger partial charge in [0.05, 0.1) is 0 Å². The number of hydrogen-bond acceptors (Lipinski definition) is 4. The molecule has 0 saturated carbocycles. The van der Waals surface area contributed by atoms with E-state index >= 15 is 0 Å². The summed E-state index contributed by atoms with van der Waals surface area (Å²) < 4.78 is 8.09. The lowest BCUT2D eigenvalue weighted by atomic mass is 10.00. The van der Waals surface area contributed by atoms with Crippen LogP contribution < -0.4 is 0 Å². The highest BCUT2D eigenvalue weighted by molar-refractivity contribution is 8.13. The van der Waals surface area contributed by atoms with Crippen molar-refractivity contribution in [3.05, 3.63) is 0 Å². The van der Waals surface area contributed by atoms with Crippen LogP contribution in [0.15, 0.2) is 0 Å². The second kappa shape index (κ2) is 8.52. The zero-order valence-electron chi connectivity index (χ0n) is 12.8. The molecule has 0 rings (SSSR count). The fraction of sp³-hybridized carbons (Fsp3) is 0.923. The second-order valence-electron chi connectivity index (χ2n) is 6.00. The maximum absolute atomic E-state index is 11.7. The maximum Gasteiger partial charge on any atom is 0.194 e. The molecule has 0 spiro atoms. The van der Waals surface area contributed by atoms with E-state index in [9.17, 15) is 4.79 Å². The van der Waals surface area contributed by atoms with Crippen LogP contribution in [0, 0.1) is 5.41 Å². The van der Waals surface area contributed by atoms with Crippen LogP contribution in [0.4, 0.5) is 0 Å². The standard InChI is InChI=1S/C13H28NO2PS/c1-10(2)14(11(3)4)17-16-8-9-18-12(15)13(5,6)7/h10-11,17H,8-9H2,1-7H3/p+1. The van der Waals surface area contributed by atoms with Crippen LogP contribution in [0.5, 0.6) is 0 Å². The van der Waals surface area contributed by atoms with Crippen LogP contribution in [0.25, 0.3) is 0 Å². The molecule has 0 radical (unpaired) electrons. The van der Waals surface area contributed by atoms with Crippen LogP contribution in [0.2, 0.25) is 0 Å². The van der Waals surface area contributed by atoms with Gasteiger partial charge in [-0.25, -0.2) is 4.52 Å². The summed E-state index contributed by atoms with van der Waals surface area (Å²) in [6, 6.07) is 1.03.